The SMILES string of the molecule is CC(C)(C(=O)O)C1CCCN(c2ncccc2C(N)=O)C1. The van der Waals surface area contributed by atoms with Gasteiger partial charge in [0.05, 0.1) is 11.0 Å². The lowest BCUT2D eigenvalue weighted by Crippen LogP contribution is -2.45. The van der Waals surface area contributed by atoms with Gasteiger partial charge in [0.1, 0.15) is 5.82 Å². The van der Waals surface area contributed by atoms with Gasteiger partial charge in [-0.1, -0.05) is 0 Å². The summed E-state index contributed by atoms with van der Waals surface area (Å²) >= 11 is 0. The number of pyridine rings is 1. The maximum absolute atomic E-state index is 11.5. The summed E-state index contributed by atoms with van der Waals surface area (Å²) in [5, 5.41) is 9.38. The molecule has 0 bridgehead atoms. The minimum absolute atomic E-state index is 0.00600. The third-order valence-corrected chi connectivity index (χ3v) is 4.34. The molecule has 6 nitrogen and oxygen atoms in total. The van der Waals surface area contributed by atoms with Crippen LogP contribution in [0.15, 0.2) is 18.3 Å². The molecule has 1 fully saturated rings. The van der Waals surface area contributed by atoms with E-state index in [-0.39, 0.29) is 5.92 Å². The summed E-state index contributed by atoms with van der Waals surface area (Å²) in [6, 6.07) is 3.32. The minimum Gasteiger partial charge on any atom is -0.481 e. The van der Waals surface area contributed by atoms with E-state index in [9.17, 15) is 14.7 Å². The van der Waals surface area contributed by atoms with Gasteiger partial charge in [-0.25, -0.2) is 4.98 Å². The van der Waals surface area contributed by atoms with E-state index in [4.69, 9.17) is 5.73 Å². The molecule has 0 radical (unpaired) electrons. The number of carbonyl (C=O) groups excluding carboxylic acids is 1. The second kappa shape index (κ2) is 5.71. The minimum atomic E-state index is -0.805. The first-order valence-electron chi connectivity index (χ1n) is 7.07. The Labute approximate surface area is 124 Å². The summed E-state index contributed by atoms with van der Waals surface area (Å²) in [6.07, 6.45) is 3.35. The number of aliphatic carboxylic acids is 1. The zero-order valence-corrected chi connectivity index (χ0v) is 12.4. The number of carboxylic acids is 1. The summed E-state index contributed by atoms with van der Waals surface area (Å²) in [7, 11) is 0. The number of hydrogen-bond donors (Lipinski definition) is 2. The Bertz CT molecular complexity index is 557. The number of amides is 1. The van der Waals surface area contributed by atoms with Crippen LogP contribution in [0.3, 0.4) is 0 Å². The van der Waals surface area contributed by atoms with Crippen LogP contribution in [0, 0.1) is 11.3 Å². The van der Waals surface area contributed by atoms with E-state index >= 15 is 0 Å². The third kappa shape index (κ3) is 2.99. The largest absolute Gasteiger partial charge is 0.481 e. The molecule has 2 heterocycles. The Hall–Kier alpha value is -2.11. The van der Waals surface area contributed by atoms with Crippen molar-refractivity contribution >= 4 is 17.7 Å². The monoisotopic (exact) mass is 291 g/mol. The van der Waals surface area contributed by atoms with Crippen molar-refractivity contribution in [3.8, 4) is 0 Å². The molecule has 0 spiro atoms. The summed E-state index contributed by atoms with van der Waals surface area (Å²) < 4.78 is 0. The summed E-state index contributed by atoms with van der Waals surface area (Å²) in [6.45, 7) is 4.81. The molecule has 21 heavy (non-hydrogen) atoms. The third-order valence-electron chi connectivity index (χ3n) is 4.34. The molecule has 1 unspecified atom stereocenters. The molecule has 1 saturated heterocycles. The van der Waals surface area contributed by atoms with Gasteiger partial charge in [-0.15, -0.1) is 0 Å². The lowest BCUT2D eigenvalue weighted by Gasteiger charge is -2.40. The zero-order valence-electron chi connectivity index (χ0n) is 12.4. The highest BCUT2D eigenvalue weighted by atomic mass is 16.4. The highest BCUT2D eigenvalue weighted by Crippen LogP contribution is 2.35. The van der Waals surface area contributed by atoms with Crippen LogP contribution < -0.4 is 10.6 Å². The van der Waals surface area contributed by atoms with Crippen molar-refractivity contribution < 1.29 is 14.7 Å². The van der Waals surface area contributed by atoms with E-state index in [0.29, 0.717) is 17.9 Å². The molecule has 1 atom stereocenters. The highest BCUT2D eigenvalue weighted by Gasteiger charge is 2.39. The average molecular weight is 291 g/mol. The number of carbonyl (C=O) groups is 2. The van der Waals surface area contributed by atoms with Gasteiger partial charge in [-0.2, -0.15) is 0 Å². The Morgan fingerprint density at radius 2 is 2.19 bits per heavy atom. The van der Waals surface area contributed by atoms with Crippen LogP contribution in [0.1, 0.15) is 37.0 Å². The smallest absolute Gasteiger partial charge is 0.309 e. The lowest BCUT2D eigenvalue weighted by atomic mass is 9.74. The Morgan fingerprint density at radius 1 is 1.48 bits per heavy atom. The van der Waals surface area contributed by atoms with Crippen molar-refractivity contribution in [2.75, 3.05) is 18.0 Å². The van der Waals surface area contributed by atoms with Crippen molar-refractivity contribution in [1.29, 1.82) is 0 Å². The Balaban J connectivity index is 2.27. The molecule has 3 N–H and O–H groups in total. The number of nitrogens with two attached hydrogens (primary N) is 1. The summed E-state index contributed by atoms with van der Waals surface area (Å²) in [5.41, 5.74) is 4.97. The fourth-order valence-electron chi connectivity index (χ4n) is 2.77. The summed E-state index contributed by atoms with van der Waals surface area (Å²) in [5.74, 6) is -0.759. The molecule has 1 aliphatic heterocycles. The van der Waals surface area contributed by atoms with Gasteiger partial charge < -0.3 is 15.7 Å². The van der Waals surface area contributed by atoms with Crippen molar-refractivity contribution in [3.63, 3.8) is 0 Å². The molecular weight excluding hydrogens is 270 g/mol. The van der Waals surface area contributed by atoms with E-state index < -0.39 is 17.3 Å². The summed E-state index contributed by atoms with van der Waals surface area (Å²) in [4.78, 5) is 29.2. The van der Waals surface area contributed by atoms with E-state index in [1.54, 1.807) is 32.2 Å². The molecule has 1 aromatic heterocycles. The second-order valence-electron chi connectivity index (χ2n) is 6.05. The van der Waals surface area contributed by atoms with Gasteiger partial charge in [-0.3, -0.25) is 9.59 Å². The first-order chi connectivity index (χ1) is 9.84. The van der Waals surface area contributed by atoms with Crippen LogP contribution >= 0.6 is 0 Å². The zero-order chi connectivity index (χ0) is 15.6. The number of rotatable bonds is 4. The quantitative estimate of drug-likeness (QED) is 0.876. The van der Waals surface area contributed by atoms with Crippen LogP contribution in [0.2, 0.25) is 0 Å². The second-order valence-corrected chi connectivity index (χ2v) is 6.05. The normalized spacial score (nSPS) is 19.3. The van der Waals surface area contributed by atoms with Crippen molar-refractivity contribution in [2.24, 2.45) is 17.1 Å². The molecule has 6 heteroatoms. The van der Waals surface area contributed by atoms with Gasteiger partial charge in [0, 0.05) is 19.3 Å². The topological polar surface area (TPSA) is 96.5 Å². The fraction of sp³-hybridized carbons (Fsp3) is 0.533. The average Bonchev–Trinajstić information content (AvgIpc) is 2.47. The first-order valence-corrected chi connectivity index (χ1v) is 7.07. The predicted molar refractivity (Wildman–Crippen MR) is 79.1 cm³/mol. The number of piperidine rings is 1. The number of anilines is 1. The van der Waals surface area contributed by atoms with E-state index in [1.165, 1.54) is 0 Å². The Morgan fingerprint density at radius 3 is 2.81 bits per heavy atom. The van der Waals surface area contributed by atoms with Gasteiger partial charge in [-0.05, 0) is 44.7 Å². The molecule has 1 aliphatic rings. The number of hydrogen-bond acceptors (Lipinski definition) is 4. The van der Waals surface area contributed by atoms with Crippen LogP contribution in [-0.4, -0.2) is 35.1 Å². The standard InChI is InChI=1S/C15H21N3O3/c1-15(2,14(20)21)10-5-4-8-18(9-10)13-11(12(16)19)6-3-7-17-13/h3,6-7,10H,4-5,8-9H2,1-2H3,(H2,16,19)(H,20,21). The van der Waals surface area contributed by atoms with Crippen LogP contribution in [-0.2, 0) is 4.79 Å². The van der Waals surface area contributed by atoms with Crippen molar-refractivity contribution in [1.82, 2.24) is 4.98 Å². The Kier molecular flexibility index (Phi) is 4.16. The van der Waals surface area contributed by atoms with Gasteiger partial charge in [0.25, 0.3) is 5.91 Å². The van der Waals surface area contributed by atoms with Crippen LogP contribution in [0.5, 0.6) is 0 Å². The van der Waals surface area contributed by atoms with Crippen molar-refractivity contribution in [2.45, 2.75) is 26.7 Å². The molecule has 1 aromatic rings. The van der Waals surface area contributed by atoms with Crippen molar-refractivity contribution in [3.05, 3.63) is 23.9 Å². The molecule has 114 valence electrons. The maximum Gasteiger partial charge on any atom is 0.309 e. The molecule has 2 rings (SSSR count). The molecular formula is C15H21N3O3. The number of nitrogens with zero attached hydrogens (tertiary/aromatic N) is 2. The fourth-order valence-corrected chi connectivity index (χ4v) is 2.77. The van der Waals surface area contributed by atoms with Gasteiger partial charge in [0.2, 0.25) is 0 Å². The van der Waals surface area contributed by atoms with Gasteiger partial charge in [0.15, 0.2) is 0 Å². The highest BCUT2D eigenvalue weighted by molar-refractivity contribution is 5.97. The van der Waals surface area contributed by atoms with Crippen LogP contribution in [0.4, 0.5) is 5.82 Å². The lowest BCUT2D eigenvalue weighted by molar-refractivity contribution is -0.150. The molecule has 0 aliphatic carbocycles. The van der Waals surface area contributed by atoms with Crippen LogP contribution in [0.25, 0.3) is 0 Å². The number of primary amides is 1. The van der Waals surface area contributed by atoms with E-state index in [1.807, 2.05) is 4.90 Å². The number of carboxylic acid groups (broad SMARTS) is 1. The maximum atomic E-state index is 11.5. The molecule has 0 aromatic carbocycles. The predicted octanol–water partition coefficient (Wildman–Crippen LogP) is 1.51. The first kappa shape index (κ1) is 15.3. The van der Waals surface area contributed by atoms with E-state index in [0.717, 1.165) is 19.4 Å². The van der Waals surface area contributed by atoms with E-state index in [2.05, 4.69) is 4.98 Å². The number of aromatic nitrogens is 1. The molecule has 1 amide bonds. The molecule has 0 saturated carbocycles. The van der Waals surface area contributed by atoms with Gasteiger partial charge >= 0.3 is 5.97 Å².